The van der Waals surface area contributed by atoms with Crippen molar-refractivity contribution in [2.75, 3.05) is 11.5 Å². The van der Waals surface area contributed by atoms with E-state index in [1.807, 2.05) is 74.5 Å². The highest BCUT2D eigenvalue weighted by atomic mass is 16.5. The predicted molar refractivity (Wildman–Crippen MR) is 143 cm³/mol. The fourth-order valence-electron chi connectivity index (χ4n) is 4.37. The fourth-order valence-corrected chi connectivity index (χ4v) is 4.37. The highest BCUT2D eigenvalue weighted by Crippen LogP contribution is 2.31. The van der Waals surface area contributed by atoms with E-state index in [1.165, 1.54) is 15.6 Å². The standard InChI is InChI=1S/C29H26N4O4/c1-4-37-25-18-20(15-16-24(25)34)17-23-28(35)32(27(30-23)21-11-7-5-8-12-21)26-19(2)31(3)33(29(26)36)22-13-9-6-10-14-22/h5-18,34H,4H2,1-3H3/b23-17+. The summed E-state index contributed by atoms with van der Waals surface area (Å²) in [5, 5.41) is 10.1. The van der Waals surface area contributed by atoms with Crippen molar-refractivity contribution in [1.82, 2.24) is 9.36 Å². The van der Waals surface area contributed by atoms with Crippen LogP contribution in [0, 0.1) is 6.92 Å². The number of benzene rings is 3. The predicted octanol–water partition coefficient (Wildman–Crippen LogP) is 4.42. The molecule has 186 valence electrons. The first-order valence-electron chi connectivity index (χ1n) is 11.9. The van der Waals surface area contributed by atoms with Gasteiger partial charge < -0.3 is 9.84 Å². The summed E-state index contributed by atoms with van der Waals surface area (Å²) in [6.07, 6.45) is 1.63. The van der Waals surface area contributed by atoms with Crippen LogP contribution in [0.3, 0.4) is 0 Å². The highest BCUT2D eigenvalue weighted by Gasteiger charge is 2.37. The first kappa shape index (κ1) is 23.9. The van der Waals surface area contributed by atoms with Crippen LogP contribution in [0.4, 0.5) is 5.69 Å². The van der Waals surface area contributed by atoms with E-state index >= 15 is 0 Å². The molecule has 5 rings (SSSR count). The van der Waals surface area contributed by atoms with E-state index < -0.39 is 5.91 Å². The number of aliphatic imine (C=N–C) groups is 1. The molecule has 0 bridgehead atoms. The summed E-state index contributed by atoms with van der Waals surface area (Å²) in [7, 11) is 1.79. The minimum Gasteiger partial charge on any atom is -0.504 e. The van der Waals surface area contributed by atoms with E-state index in [4.69, 9.17) is 4.74 Å². The Hall–Kier alpha value is -4.85. The molecule has 0 aliphatic carbocycles. The SMILES string of the molecule is CCOc1cc(/C=C2/N=C(c3ccccc3)N(c3c(C)n(C)n(-c4ccccc4)c3=O)C2=O)ccc1O. The van der Waals surface area contributed by atoms with Gasteiger partial charge in [0.2, 0.25) is 0 Å². The molecule has 2 heterocycles. The summed E-state index contributed by atoms with van der Waals surface area (Å²) in [5.41, 5.74) is 2.73. The molecule has 0 saturated heterocycles. The third-order valence-corrected chi connectivity index (χ3v) is 6.23. The lowest BCUT2D eigenvalue weighted by molar-refractivity contribution is -0.113. The van der Waals surface area contributed by atoms with Crippen molar-refractivity contribution in [1.29, 1.82) is 0 Å². The Morgan fingerprint density at radius 1 is 0.973 bits per heavy atom. The molecule has 0 radical (unpaired) electrons. The third kappa shape index (κ3) is 4.23. The molecule has 1 aliphatic heterocycles. The molecular formula is C29H26N4O4. The number of anilines is 1. The van der Waals surface area contributed by atoms with E-state index in [9.17, 15) is 14.7 Å². The quantitative estimate of drug-likeness (QED) is 0.402. The lowest BCUT2D eigenvalue weighted by atomic mass is 10.1. The number of amides is 1. The monoisotopic (exact) mass is 494 g/mol. The van der Waals surface area contributed by atoms with Gasteiger partial charge in [-0.15, -0.1) is 0 Å². The maximum Gasteiger partial charge on any atom is 0.296 e. The normalized spacial score (nSPS) is 14.4. The lowest BCUT2D eigenvalue weighted by Crippen LogP contribution is -2.36. The largest absolute Gasteiger partial charge is 0.504 e. The number of aromatic hydroxyl groups is 1. The number of carbonyl (C=O) groups is 1. The van der Waals surface area contributed by atoms with Crippen LogP contribution in [-0.4, -0.2) is 32.8 Å². The van der Waals surface area contributed by atoms with Gasteiger partial charge >= 0.3 is 0 Å². The van der Waals surface area contributed by atoms with Crippen LogP contribution in [0.15, 0.2) is 94.3 Å². The van der Waals surface area contributed by atoms with Gasteiger partial charge in [0.25, 0.3) is 11.5 Å². The minimum atomic E-state index is -0.420. The molecule has 1 aromatic heterocycles. The first-order valence-corrected chi connectivity index (χ1v) is 11.9. The molecule has 0 fully saturated rings. The Labute approximate surface area is 214 Å². The van der Waals surface area contributed by atoms with Crippen molar-refractivity contribution < 1.29 is 14.6 Å². The van der Waals surface area contributed by atoms with E-state index in [-0.39, 0.29) is 22.7 Å². The zero-order valence-corrected chi connectivity index (χ0v) is 20.8. The summed E-state index contributed by atoms with van der Waals surface area (Å²) >= 11 is 0. The van der Waals surface area contributed by atoms with Crippen molar-refractivity contribution >= 4 is 23.5 Å². The van der Waals surface area contributed by atoms with Crippen LogP contribution in [-0.2, 0) is 11.8 Å². The van der Waals surface area contributed by atoms with E-state index in [2.05, 4.69) is 4.99 Å². The Bertz CT molecular complexity index is 1600. The number of amidine groups is 1. The number of carbonyl (C=O) groups excluding carboxylic acids is 1. The maximum absolute atomic E-state index is 13.8. The van der Waals surface area contributed by atoms with Gasteiger partial charge in [-0.1, -0.05) is 54.6 Å². The fraction of sp³-hybridized carbons (Fsp3) is 0.138. The smallest absolute Gasteiger partial charge is 0.296 e. The van der Waals surface area contributed by atoms with Gasteiger partial charge in [-0.2, -0.15) is 0 Å². The number of phenolic OH excluding ortho intramolecular Hbond substituents is 1. The molecule has 3 aromatic carbocycles. The summed E-state index contributed by atoms with van der Waals surface area (Å²) in [6.45, 7) is 4.02. The number of para-hydroxylation sites is 1. The summed E-state index contributed by atoms with van der Waals surface area (Å²) in [5.74, 6) is 0.275. The van der Waals surface area contributed by atoms with Crippen LogP contribution in [0.1, 0.15) is 23.7 Å². The molecule has 0 spiro atoms. The number of rotatable bonds is 6. The number of hydrogen-bond donors (Lipinski definition) is 1. The van der Waals surface area contributed by atoms with Crippen molar-refractivity contribution in [3.05, 3.63) is 112 Å². The second-order valence-electron chi connectivity index (χ2n) is 8.54. The number of aromatic nitrogens is 2. The summed E-state index contributed by atoms with van der Waals surface area (Å²) in [4.78, 5) is 33.7. The number of hydrogen-bond acceptors (Lipinski definition) is 5. The van der Waals surface area contributed by atoms with Gasteiger partial charge in [0, 0.05) is 12.6 Å². The van der Waals surface area contributed by atoms with Gasteiger partial charge in [0.15, 0.2) is 11.5 Å². The Balaban J connectivity index is 1.67. The summed E-state index contributed by atoms with van der Waals surface area (Å²) in [6, 6.07) is 23.4. The molecule has 1 amide bonds. The average molecular weight is 495 g/mol. The zero-order valence-electron chi connectivity index (χ0n) is 20.8. The molecule has 0 unspecified atom stereocenters. The van der Waals surface area contributed by atoms with E-state index in [0.717, 1.165) is 0 Å². The molecule has 0 atom stereocenters. The van der Waals surface area contributed by atoms with Crippen molar-refractivity contribution in [2.45, 2.75) is 13.8 Å². The van der Waals surface area contributed by atoms with Crippen LogP contribution in [0.2, 0.25) is 0 Å². The minimum absolute atomic E-state index is 0.0122. The van der Waals surface area contributed by atoms with Gasteiger partial charge in [-0.3, -0.25) is 19.2 Å². The topological polar surface area (TPSA) is 89.1 Å². The van der Waals surface area contributed by atoms with E-state index in [0.29, 0.717) is 40.7 Å². The maximum atomic E-state index is 13.8. The molecular weight excluding hydrogens is 468 g/mol. The zero-order chi connectivity index (χ0) is 26.1. The van der Waals surface area contributed by atoms with Crippen molar-refractivity contribution in [3.8, 4) is 17.2 Å². The van der Waals surface area contributed by atoms with Crippen molar-refractivity contribution in [3.63, 3.8) is 0 Å². The number of ether oxygens (including phenoxy) is 1. The van der Waals surface area contributed by atoms with Crippen LogP contribution in [0.25, 0.3) is 11.8 Å². The molecule has 1 aliphatic rings. The Morgan fingerprint density at radius 2 is 1.65 bits per heavy atom. The Kier molecular flexibility index (Phi) is 6.23. The van der Waals surface area contributed by atoms with Gasteiger partial charge in [0.1, 0.15) is 17.2 Å². The van der Waals surface area contributed by atoms with Crippen LogP contribution >= 0.6 is 0 Å². The Morgan fingerprint density at radius 3 is 2.32 bits per heavy atom. The molecule has 1 N–H and O–H groups in total. The highest BCUT2D eigenvalue weighted by molar-refractivity contribution is 6.33. The molecule has 8 heteroatoms. The van der Waals surface area contributed by atoms with Crippen LogP contribution in [0.5, 0.6) is 11.5 Å². The second kappa shape index (κ2) is 9.66. The molecule has 0 saturated carbocycles. The first-order chi connectivity index (χ1) is 17.9. The molecule has 8 nitrogen and oxygen atoms in total. The second-order valence-corrected chi connectivity index (χ2v) is 8.54. The van der Waals surface area contributed by atoms with Crippen LogP contribution < -0.4 is 15.2 Å². The summed E-state index contributed by atoms with van der Waals surface area (Å²) < 4.78 is 8.76. The van der Waals surface area contributed by atoms with Crippen molar-refractivity contribution in [2.24, 2.45) is 12.0 Å². The molecule has 4 aromatic rings. The van der Waals surface area contributed by atoms with E-state index in [1.54, 1.807) is 29.9 Å². The third-order valence-electron chi connectivity index (χ3n) is 6.23. The van der Waals surface area contributed by atoms with Gasteiger partial charge in [-0.05, 0) is 49.8 Å². The number of nitrogens with zero attached hydrogens (tertiary/aromatic N) is 4. The number of phenols is 1. The average Bonchev–Trinajstić information content (AvgIpc) is 3.33. The van der Waals surface area contributed by atoms with Gasteiger partial charge in [-0.25, -0.2) is 9.67 Å². The van der Waals surface area contributed by atoms with Gasteiger partial charge in [0.05, 0.1) is 18.0 Å². The molecule has 37 heavy (non-hydrogen) atoms. The lowest BCUT2D eigenvalue weighted by Gasteiger charge is -2.17.